The Hall–Kier alpha value is -3.29. The van der Waals surface area contributed by atoms with E-state index in [9.17, 15) is 0 Å². The second-order valence-electron chi connectivity index (χ2n) is 8.17. The Balaban J connectivity index is 1.30. The number of nitrogens with zero attached hydrogens (tertiary/aromatic N) is 3. The van der Waals surface area contributed by atoms with Crippen LogP contribution in [0.25, 0.3) is 11.0 Å². The van der Waals surface area contributed by atoms with E-state index in [1.165, 1.54) is 0 Å². The number of aryl methyl sites for hydroxylation is 1. The van der Waals surface area contributed by atoms with Gasteiger partial charge >= 0.3 is 0 Å². The minimum atomic E-state index is 0.118. The highest BCUT2D eigenvalue weighted by atomic mass is 35.5. The monoisotopic (exact) mass is 463 g/mol. The first kappa shape index (κ1) is 21.6. The topological polar surface area (TPSA) is 73.2 Å². The highest BCUT2D eigenvalue weighted by molar-refractivity contribution is 6.30. The summed E-state index contributed by atoms with van der Waals surface area (Å²) < 4.78 is 13.2. The first-order valence-electron chi connectivity index (χ1n) is 11.1. The van der Waals surface area contributed by atoms with E-state index in [1.807, 2.05) is 19.2 Å². The molecule has 0 saturated carbocycles. The third-order valence-electron chi connectivity index (χ3n) is 5.81. The number of anilines is 2. The zero-order chi connectivity index (χ0) is 22.8. The van der Waals surface area contributed by atoms with Gasteiger partial charge in [-0.05, 0) is 48.4 Å². The third-order valence-corrected chi connectivity index (χ3v) is 6.03. The number of fused-ring (bicyclic) bond motifs is 1. The Morgan fingerprint density at radius 2 is 1.97 bits per heavy atom. The molecule has 0 radical (unpaired) electrons. The summed E-state index contributed by atoms with van der Waals surface area (Å²) in [6.45, 7) is 3.67. The second kappa shape index (κ2) is 9.29. The number of nitrogens with one attached hydrogen (secondary N) is 2. The lowest BCUT2D eigenvalue weighted by atomic mass is 10.0. The Morgan fingerprint density at radius 1 is 1.15 bits per heavy atom. The van der Waals surface area contributed by atoms with Crippen molar-refractivity contribution in [2.24, 2.45) is 7.05 Å². The van der Waals surface area contributed by atoms with E-state index in [1.54, 1.807) is 18.3 Å². The number of benzene rings is 2. The van der Waals surface area contributed by atoms with Gasteiger partial charge in [-0.2, -0.15) is 0 Å². The van der Waals surface area contributed by atoms with Gasteiger partial charge in [-0.25, -0.2) is 9.97 Å². The van der Waals surface area contributed by atoms with Crippen LogP contribution in [0.2, 0.25) is 5.02 Å². The van der Waals surface area contributed by atoms with Crippen LogP contribution in [0.4, 0.5) is 11.6 Å². The third kappa shape index (κ3) is 4.74. The largest absolute Gasteiger partial charge is 0.439 e. The van der Waals surface area contributed by atoms with Crippen LogP contribution < -0.4 is 15.4 Å². The van der Waals surface area contributed by atoms with E-state index in [0.29, 0.717) is 16.9 Å². The molecule has 2 N–H and O–H groups in total. The van der Waals surface area contributed by atoms with Crippen molar-refractivity contribution in [1.29, 1.82) is 0 Å². The van der Waals surface area contributed by atoms with Crippen molar-refractivity contribution in [3.05, 3.63) is 71.4 Å². The first-order valence-corrected chi connectivity index (χ1v) is 11.4. The smallest absolute Gasteiger partial charge is 0.219 e. The van der Waals surface area contributed by atoms with Crippen LogP contribution in [0.15, 0.2) is 60.8 Å². The average molecular weight is 464 g/mol. The molecule has 8 heteroatoms. The highest BCUT2D eigenvalue weighted by Gasteiger charge is 2.19. The lowest BCUT2D eigenvalue weighted by Crippen LogP contribution is -2.40. The summed E-state index contributed by atoms with van der Waals surface area (Å²) in [5.74, 6) is 2.07. The Kier molecular flexibility index (Phi) is 6.07. The normalized spacial score (nSPS) is 14.6. The van der Waals surface area contributed by atoms with Gasteiger partial charge in [0.25, 0.3) is 0 Å². The summed E-state index contributed by atoms with van der Waals surface area (Å²) in [7, 11) is 2.04. The Bertz CT molecular complexity index is 1240. The zero-order valence-electron chi connectivity index (χ0n) is 18.6. The molecule has 0 aliphatic carbocycles. The fourth-order valence-electron chi connectivity index (χ4n) is 3.85. The van der Waals surface area contributed by atoms with Gasteiger partial charge in [-0.15, -0.1) is 0 Å². The van der Waals surface area contributed by atoms with Crippen molar-refractivity contribution in [2.75, 3.05) is 23.8 Å². The lowest BCUT2D eigenvalue weighted by molar-refractivity contribution is 0.0211. The van der Waals surface area contributed by atoms with Gasteiger partial charge in [-0.3, -0.25) is 0 Å². The van der Waals surface area contributed by atoms with Gasteiger partial charge in [0.15, 0.2) is 0 Å². The minimum absolute atomic E-state index is 0.118. The van der Waals surface area contributed by atoms with E-state index in [4.69, 9.17) is 26.1 Å². The molecule has 7 nitrogen and oxygen atoms in total. The summed E-state index contributed by atoms with van der Waals surface area (Å²) in [6, 6.07) is 18.3. The predicted octanol–water partition coefficient (Wildman–Crippen LogP) is 5.79. The van der Waals surface area contributed by atoms with Crippen LogP contribution in [0, 0.1) is 0 Å². The molecule has 170 valence electrons. The molecule has 1 unspecified atom stereocenters. The Morgan fingerprint density at radius 3 is 2.64 bits per heavy atom. The van der Waals surface area contributed by atoms with Gasteiger partial charge < -0.3 is 24.7 Å². The molecular formula is C25H26ClN5O2. The van der Waals surface area contributed by atoms with Crippen molar-refractivity contribution < 1.29 is 9.47 Å². The van der Waals surface area contributed by atoms with Gasteiger partial charge in [0.1, 0.15) is 5.75 Å². The first-order chi connectivity index (χ1) is 16.1. The Labute approximate surface area is 197 Å². The number of hydrogen-bond donors (Lipinski definition) is 2. The van der Waals surface area contributed by atoms with Crippen LogP contribution in [-0.2, 0) is 11.8 Å². The van der Waals surface area contributed by atoms with Crippen molar-refractivity contribution in [3.63, 3.8) is 0 Å². The number of hydrogen-bond acceptors (Lipinski definition) is 6. The molecule has 0 bridgehead atoms. The molecule has 1 saturated heterocycles. The van der Waals surface area contributed by atoms with Crippen LogP contribution >= 0.6 is 11.6 Å². The molecule has 1 fully saturated rings. The van der Waals surface area contributed by atoms with Crippen molar-refractivity contribution >= 4 is 34.3 Å². The SMILES string of the molecule is CCC(Nc1nc2ccc(NC3COC3)cc2n1C)c1ccc(Oc2ccc(Cl)cn2)cc1. The number of imidazole rings is 1. The quantitative estimate of drug-likeness (QED) is 0.344. The predicted molar refractivity (Wildman–Crippen MR) is 131 cm³/mol. The van der Waals surface area contributed by atoms with E-state index in [-0.39, 0.29) is 6.04 Å². The summed E-state index contributed by atoms with van der Waals surface area (Å²) in [5.41, 5.74) is 4.29. The molecule has 3 heterocycles. The maximum atomic E-state index is 5.89. The van der Waals surface area contributed by atoms with Gasteiger partial charge in [0, 0.05) is 25.0 Å². The molecule has 4 aromatic rings. The van der Waals surface area contributed by atoms with Crippen LogP contribution in [-0.4, -0.2) is 33.8 Å². The fourth-order valence-corrected chi connectivity index (χ4v) is 3.96. The van der Waals surface area contributed by atoms with Gasteiger partial charge in [-0.1, -0.05) is 30.7 Å². The standard InChI is InChI=1S/C25H26ClN5O2/c1-3-21(16-4-8-20(9-5-16)33-24-11-6-17(26)13-27-24)29-25-30-22-10-7-18(12-23(22)31(25)2)28-19-14-32-15-19/h4-13,19,21,28H,3,14-15H2,1-2H3,(H,29,30). The molecule has 1 aliphatic heterocycles. The summed E-state index contributed by atoms with van der Waals surface area (Å²) in [4.78, 5) is 8.99. The maximum Gasteiger partial charge on any atom is 0.219 e. The van der Waals surface area contributed by atoms with Crippen LogP contribution in [0.5, 0.6) is 11.6 Å². The van der Waals surface area contributed by atoms with Crippen LogP contribution in [0.3, 0.4) is 0 Å². The molecular weight excluding hydrogens is 438 g/mol. The summed E-state index contributed by atoms with van der Waals surface area (Å²) >= 11 is 5.89. The molecule has 1 aliphatic rings. The molecule has 5 rings (SSSR count). The van der Waals surface area contributed by atoms with E-state index < -0.39 is 0 Å². The molecule has 0 spiro atoms. The minimum Gasteiger partial charge on any atom is -0.439 e. The number of aromatic nitrogens is 3. The zero-order valence-corrected chi connectivity index (χ0v) is 19.3. The van der Waals surface area contributed by atoms with Crippen LogP contribution in [0.1, 0.15) is 24.9 Å². The van der Waals surface area contributed by atoms with Crippen molar-refractivity contribution in [3.8, 4) is 11.6 Å². The molecule has 2 aromatic heterocycles. The van der Waals surface area contributed by atoms with Crippen molar-refractivity contribution in [2.45, 2.75) is 25.4 Å². The number of ether oxygens (including phenoxy) is 2. The second-order valence-corrected chi connectivity index (χ2v) is 8.60. The molecule has 2 aromatic carbocycles. The summed E-state index contributed by atoms with van der Waals surface area (Å²) in [6.07, 6.45) is 2.48. The molecule has 33 heavy (non-hydrogen) atoms. The van der Waals surface area contributed by atoms with E-state index in [0.717, 1.165) is 53.6 Å². The van der Waals surface area contributed by atoms with E-state index >= 15 is 0 Å². The molecule has 0 amide bonds. The number of pyridine rings is 1. The maximum absolute atomic E-state index is 5.89. The average Bonchev–Trinajstić information content (AvgIpc) is 3.11. The van der Waals surface area contributed by atoms with Crippen molar-refractivity contribution in [1.82, 2.24) is 14.5 Å². The summed E-state index contributed by atoms with van der Waals surface area (Å²) in [5, 5.41) is 7.69. The van der Waals surface area contributed by atoms with Gasteiger partial charge in [0.2, 0.25) is 11.8 Å². The van der Waals surface area contributed by atoms with E-state index in [2.05, 4.69) is 57.4 Å². The fraction of sp³-hybridized carbons (Fsp3) is 0.280. The lowest BCUT2D eigenvalue weighted by Gasteiger charge is -2.27. The number of halogens is 1. The number of rotatable bonds is 8. The highest BCUT2D eigenvalue weighted by Crippen LogP contribution is 2.29. The molecule has 1 atom stereocenters. The van der Waals surface area contributed by atoms with Gasteiger partial charge in [0.05, 0.1) is 41.4 Å².